The molecule has 0 spiro atoms. The molecule has 1 heterocycles. The zero-order valence-corrected chi connectivity index (χ0v) is 11.7. The van der Waals surface area contributed by atoms with E-state index in [0.717, 1.165) is 24.3 Å². The van der Waals surface area contributed by atoms with E-state index in [9.17, 15) is 4.79 Å². The maximum atomic E-state index is 12.0. The lowest BCUT2D eigenvalue weighted by atomic mass is 10.1. The van der Waals surface area contributed by atoms with Crippen molar-refractivity contribution in [2.45, 2.75) is 33.2 Å². The third-order valence-corrected chi connectivity index (χ3v) is 3.14. The van der Waals surface area contributed by atoms with Crippen LogP contribution in [0.4, 0.5) is 0 Å². The van der Waals surface area contributed by atoms with Crippen molar-refractivity contribution in [3.8, 4) is 0 Å². The molecule has 4 nitrogen and oxygen atoms in total. The molecule has 0 bridgehead atoms. The van der Waals surface area contributed by atoms with E-state index in [4.69, 9.17) is 0 Å². The van der Waals surface area contributed by atoms with Crippen LogP contribution in [0.25, 0.3) is 10.9 Å². The third-order valence-electron chi connectivity index (χ3n) is 3.14. The van der Waals surface area contributed by atoms with Gasteiger partial charge in [-0.15, -0.1) is 0 Å². The van der Waals surface area contributed by atoms with E-state index < -0.39 is 0 Å². The van der Waals surface area contributed by atoms with Crippen molar-refractivity contribution in [3.63, 3.8) is 0 Å². The number of aromatic nitrogens is 2. The maximum absolute atomic E-state index is 12.0. The van der Waals surface area contributed by atoms with Crippen LogP contribution in [0.15, 0.2) is 29.1 Å². The van der Waals surface area contributed by atoms with Crippen molar-refractivity contribution < 1.29 is 0 Å². The van der Waals surface area contributed by atoms with E-state index in [-0.39, 0.29) is 11.6 Å². The van der Waals surface area contributed by atoms with Gasteiger partial charge in [-0.2, -0.15) is 0 Å². The van der Waals surface area contributed by atoms with Crippen molar-refractivity contribution >= 4 is 10.9 Å². The van der Waals surface area contributed by atoms with Crippen LogP contribution in [0.2, 0.25) is 0 Å². The summed E-state index contributed by atoms with van der Waals surface area (Å²) < 4.78 is 0. The Kier molecular flexibility index (Phi) is 4.32. The number of hydrogen-bond donors (Lipinski definition) is 2. The molecule has 2 aromatic rings. The fourth-order valence-electron chi connectivity index (χ4n) is 2.08. The Labute approximate surface area is 113 Å². The molecular weight excluding hydrogens is 238 g/mol. The second-order valence-corrected chi connectivity index (χ2v) is 5.23. The molecule has 0 fully saturated rings. The molecule has 19 heavy (non-hydrogen) atoms. The molecule has 2 N–H and O–H groups in total. The molecule has 0 unspecified atom stereocenters. The molecule has 0 radical (unpaired) electrons. The summed E-state index contributed by atoms with van der Waals surface area (Å²) >= 11 is 0. The smallest absolute Gasteiger partial charge is 0.258 e. The minimum atomic E-state index is -0.0644. The average Bonchev–Trinajstić information content (AvgIpc) is 2.39. The average molecular weight is 259 g/mol. The first-order valence-corrected chi connectivity index (χ1v) is 6.84. The van der Waals surface area contributed by atoms with Crippen LogP contribution in [0.5, 0.6) is 0 Å². The summed E-state index contributed by atoms with van der Waals surface area (Å²) in [6.45, 7) is 7.33. The maximum Gasteiger partial charge on any atom is 0.258 e. The lowest BCUT2D eigenvalue weighted by molar-refractivity contribution is 0.449. The Bertz CT molecular complexity index is 604. The Morgan fingerprint density at radius 3 is 2.74 bits per heavy atom. The van der Waals surface area contributed by atoms with Gasteiger partial charge in [-0.3, -0.25) is 4.79 Å². The molecule has 102 valence electrons. The lowest BCUT2D eigenvalue weighted by Crippen LogP contribution is -2.28. The third kappa shape index (κ3) is 3.20. The molecule has 1 aromatic heterocycles. The quantitative estimate of drug-likeness (QED) is 0.867. The zero-order valence-electron chi connectivity index (χ0n) is 11.7. The van der Waals surface area contributed by atoms with Gasteiger partial charge in [0.25, 0.3) is 5.56 Å². The summed E-state index contributed by atoms with van der Waals surface area (Å²) in [4.78, 5) is 19.5. The van der Waals surface area contributed by atoms with Crippen molar-refractivity contribution in [2.24, 2.45) is 5.92 Å². The van der Waals surface area contributed by atoms with Gasteiger partial charge in [-0.05, 0) is 31.0 Å². The molecule has 0 saturated heterocycles. The summed E-state index contributed by atoms with van der Waals surface area (Å²) in [5.74, 6) is 1.30. The standard InChI is InChI=1S/C15H21N3O/c1-4-12(16-9-10(2)3)14-17-13-8-6-5-7-11(13)15(19)18-14/h5-8,10,12,16H,4,9H2,1-3H3,(H,17,18,19)/t12-/m1/s1. The molecule has 1 aromatic carbocycles. The first-order chi connectivity index (χ1) is 9.11. The molecule has 0 aliphatic heterocycles. The van der Waals surface area contributed by atoms with Gasteiger partial charge in [-0.1, -0.05) is 32.9 Å². The fourth-order valence-corrected chi connectivity index (χ4v) is 2.08. The highest BCUT2D eigenvalue weighted by atomic mass is 16.1. The molecule has 0 aliphatic rings. The van der Waals surface area contributed by atoms with Crippen LogP contribution in [-0.2, 0) is 0 Å². The number of nitrogens with zero attached hydrogens (tertiary/aromatic N) is 1. The first-order valence-electron chi connectivity index (χ1n) is 6.84. The van der Waals surface area contributed by atoms with E-state index in [2.05, 4.69) is 36.1 Å². The van der Waals surface area contributed by atoms with Crippen molar-refractivity contribution in [1.82, 2.24) is 15.3 Å². The van der Waals surface area contributed by atoms with Gasteiger partial charge in [0, 0.05) is 0 Å². The van der Waals surface area contributed by atoms with Crippen LogP contribution in [0.3, 0.4) is 0 Å². The van der Waals surface area contributed by atoms with Gasteiger partial charge >= 0.3 is 0 Å². The lowest BCUT2D eigenvalue weighted by Gasteiger charge is -2.17. The van der Waals surface area contributed by atoms with Crippen LogP contribution in [0, 0.1) is 5.92 Å². The molecule has 0 aliphatic carbocycles. The van der Waals surface area contributed by atoms with E-state index in [1.165, 1.54) is 0 Å². The first kappa shape index (κ1) is 13.7. The SMILES string of the molecule is CC[C@@H](NCC(C)C)c1nc2ccccc2c(=O)[nH]1. The van der Waals surface area contributed by atoms with Crippen molar-refractivity contribution in [1.29, 1.82) is 0 Å². The molecule has 0 saturated carbocycles. The monoisotopic (exact) mass is 259 g/mol. The number of benzene rings is 1. The van der Waals surface area contributed by atoms with Crippen LogP contribution in [-0.4, -0.2) is 16.5 Å². The van der Waals surface area contributed by atoms with E-state index >= 15 is 0 Å². The van der Waals surface area contributed by atoms with E-state index in [1.807, 2.05) is 18.2 Å². The predicted octanol–water partition coefficient (Wildman–Crippen LogP) is 2.62. The van der Waals surface area contributed by atoms with Gasteiger partial charge in [0.05, 0.1) is 16.9 Å². The van der Waals surface area contributed by atoms with E-state index in [1.54, 1.807) is 6.07 Å². The Morgan fingerprint density at radius 2 is 2.05 bits per heavy atom. The van der Waals surface area contributed by atoms with Gasteiger partial charge < -0.3 is 10.3 Å². The van der Waals surface area contributed by atoms with Gasteiger partial charge in [0.15, 0.2) is 0 Å². The summed E-state index contributed by atoms with van der Waals surface area (Å²) in [5.41, 5.74) is 0.691. The Balaban J connectivity index is 2.35. The number of fused-ring (bicyclic) bond motifs is 1. The highest BCUT2D eigenvalue weighted by molar-refractivity contribution is 5.77. The fraction of sp³-hybridized carbons (Fsp3) is 0.467. The van der Waals surface area contributed by atoms with Crippen LogP contribution >= 0.6 is 0 Å². The van der Waals surface area contributed by atoms with Crippen molar-refractivity contribution in [3.05, 3.63) is 40.4 Å². The number of hydrogen-bond acceptors (Lipinski definition) is 3. The normalized spacial score (nSPS) is 13.1. The van der Waals surface area contributed by atoms with Crippen molar-refractivity contribution in [2.75, 3.05) is 6.54 Å². The highest BCUT2D eigenvalue weighted by Gasteiger charge is 2.13. The van der Waals surface area contributed by atoms with Crippen LogP contribution in [0.1, 0.15) is 39.1 Å². The Hall–Kier alpha value is -1.68. The second-order valence-electron chi connectivity index (χ2n) is 5.23. The van der Waals surface area contributed by atoms with E-state index in [0.29, 0.717) is 11.3 Å². The molecular formula is C15H21N3O. The predicted molar refractivity (Wildman–Crippen MR) is 78.2 cm³/mol. The van der Waals surface area contributed by atoms with Gasteiger partial charge in [-0.25, -0.2) is 4.98 Å². The summed E-state index contributed by atoms with van der Waals surface area (Å²) in [5, 5.41) is 4.09. The second kappa shape index (κ2) is 5.97. The molecule has 1 atom stereocenters. The Morgan fingerprint density at radius 1 is 1.32 bits per heavy atom. The number of para-hydroxylation sites is 1. The highest BCUT2D eigenvalue weighted by Crippen LogP contribution is 2.14. The van der Waals surface area contributed by atoms with Crippen LogP contribution < -0.4 is 10.9 Å². The molecule has 0 amide bonds. The molecule has 2 rings (SSSR count). The minimum absolute atomic E-state index is 0.0644. The summed E-state index contributed by atoms with van der Waals surface area (Å²) in [7, 11) is 0. The number of H-pyrrole nitrogens is 1. The van der Waals surface area contributed by atoms with Gasteiger partial charge in [0.2, 0.25) is 0 Å². The number of nitrogens with one attached hydrogen (secondary N) is 2. The largest absolute Gasteiger partial charge is 0.309 e. The molecule has 4 heteroatoms. The number of aromatic amines is 1. The number of rotatable bonds is 5. The zero-order chi connectivity index (χ0) is 13.8. The summed E-state index contributed by atoms with van der Waals surface area (Å²) in [6, 6.07) is 7.53. The topological polar surface area (TPSA) is 57.8 Å². The minimum Gasteiger partial charge on any atom is -0.309 e. The summed E-state index contributed by atoms with van der Waals surface area (Å²) in [6.07, 6.45) is 0.897. The van der Waals surface area contributed by atoms with Gasteiger partial charge in [0.1, 0.15) is 5.82 Å².